The van der Waals surface area contributed by atoms with Crippen molar-refractivity contribution in [2.24, 2.45) is 0 Å². The lowest BCUT2D eigenvalue weighted by atomic mass is 10.2. The van der Waals surface area contributed by atoms with Crippen molar-refractivity contribution >= 4 is 23.4 Å². The number of nitrogens with zero attached hydrogens (tertiary/aromatic N) is 1. The highest BCUT2D eigenvalue weighted by Gasteiger charge is 2.10. The molecule has 0 aliphatic heterocycles. The Balaban J connectivity index is 1.83. The van der Waals surface area contributed by atoms with Crippen molar-refractivity contribution in [3.05, 3.63) is 52.8 Å². The van der Waals surface area contributed by atoms with E-state index in [1.807, 2.05) is 6.07 Å². The molecule has 2 rings (SSSR count). The van der Waals surface area contributed by atoms with Crippen molar-refractivity contribution in [3.8, 4) is 11.5 Å². The number of aromatic nitrogens is 1. The van der Waals surface area contributed by atoms with Crippen LogP contribution in [0.3, 0.4) is 0 Å². The van der Waals surface area contributed by atoms with Gasteiger partial charge in [0.2, 0.25) is 5.91 Å². The molecular formula is C17H18ClN3O4. The maximum Gasteiger partial charge on any atom is 0.270 e. The number of methoxy groups -OCH3 is 2. The van der Waals surface area contributed by atoms with E-state index in [0.29, 0.717) is 23.1 Å². The SMILES string of the molecule is COc1ccc(CNC(=O)CNC(=O)c2cc(Cl)ccn2)cc1OC. The zero-order valence-corrected chi connectivity index (χ0v) is 14.6. The number of carbonyl (C=O) groups is 2. The largest absolute Gasteiger partial charge is 0.493 e. The van der Waals surface area contributed by atoms with Crippen LogP contribution in [0.1, 0.15) is 16.1 Å². The van der Waals surface area contributed by atoms with Gasteiger partial charge in [-0.2, -0.15) is 0 Å². The minimum Gasteiger partial charge on any atom is -0.493 e. The Morgan fingerprint density at radius 3 is 2.52 bits per heavy atom. The molecule has 132 valence electrons. The first-order valence-electron chi connectivity index (χ1n) is 7.41. The fourth-order valence-electron chi connectivity index (χ4n) is 2.03. The minimum absolute atomic E-state index is 0.153. The Bertz CT molecular complexity index is 767. The molecule has 0 saturated carbocycles. The Morgan fingerprint density at radius 2 is 1.84 bits per heavy atom. The summed E-state index contributed by atoms with van der Waals surface area (Å²) in [6.45, 7) is 0.130. The molecule has 1 aromatic heterocycles. The molecule has 0 spiro atoms. The third-order valence-corrected chi connectivity index (χ3v) is 3.54. The number of hydrogen-bond acceptors (Lipinski definition) is 5. The fourth-order valence-corrected chi connectivity index (χ4v) is 2.19. The number of benzene rings is 1. The summed E-state index contributed by atoms with van der Waals surface area (Å²) in [5.74, 6) is 0.391. The lowest BCUT2D eigenvalue weighted by molar-refractivity contribution is -0.120. The molecular weight excluding hydrogens is 346 g/mol. The second-order valence-corrected chi connectivity index (χ2v) is 5.44. The van der Waals surface area contributed by atoms with Crippen molar-refractivity contribution in [3.63, 3.8) is 0 Å². The fraction of sp³-hybridized carbons (Fsp3) is 0.235. The van der Waals surface area contributed by atoms with Crippen LogP contribution in [0.2, 0.25) is 5.02 Å². The summed E-state index contributed by atoms with van der Waals surface area (Å²) >= 11 is 5.80. The van der Waals surface area contributed by atoms with Gasteiger partial charge in [0.1, 0.15) is 5.69 Å². The molecule has 2 N–H and O–H groups in total. The molecule has 0 radical (unpaired) electrons. The first-order valence-corrected chi connectivity index (χ1v) is 7.78. The molecule has 1 heterocycles. The Labute approximate surface area is 150 Å². The van der Waals surface area contributed by atoms with Crippen LogP contribution in [0.5, 0.6) is 11.5 Å². The van der Waals surface area contributed by atoms with Gasteiger partial charge in [0.05, 0.1) is 20.8 Å². The van der Waals surface area contributed by atoms with Crippen LogP contribution < -0.4 is 20.1 Å². The first-order chi connectivity index (χ1) is 12.0. The minimum atomic E-state index is -0.469. The van der Waals surface area contributed by atoms with Crippen molar-refractivity contribution in [2.75, 3.05) is 20.8 Å². The van der Waals surface area contributed by atoms with Gasteiger partial charge in [-0.05, 0) is 29.8 Å². The summed E-state index contributed by atoms with van der Waals surface area (Å²) in [7, 11) is 3.09. The number of pyridine rings is 1. The van der Waals surface area contributed by atoms with Gasteiger partial charge in [0.15, 0.2) is 11.5 Å². The monoisotopic (exact) mass is 363 g/mol. The predicted octanol–water partition coefficient (Wildman–Crippen LogP) is 1.80. The third kappa shape index (κ3) is 5.36. The van der Waals surface area contributed by atoms with Crippen LogP contribution in [0.4, 0.5) is 0 Å². The number of carbonyl (C=O) groups excluding carboxylic acids is 2. The topological polar surface area (TPSA) is 89.6 Å². The molecule has 2 amide bonds. The summed E-state index contributed by atoms with van der Waals surface area (Å²) in [6, 6.07) is 8.34. The normalized spacial score (nSPS) is 10.0. The van der Waals surface area contributed by atoms with E-state index in [2.05, 4.69) is 15.6 Å². The summed E-state index contributed by atoms with van der Waals surface area (Å²) in [6.07, 6.45) is 1.42. The molecule has 0 aliphatic rings. The zero-order valence-electron chi connectivity index (χ0n) is 13.8. The van der Waals surface area contributed by atoms with E-state index < -0.39 is 5.91 Å². The standard InChI is InChI=1S/C17H18ClN3O4/c1-24-14-4-3-11(7-15(14)25-2)9-20-16(22)10-21-17(23)13-8-12(18)5-6-19-13/h3-8H,9-10H2,1-2H3,(H,20,22)(H,21,23). The van der Waals surface area contributed by atoms with Crippen LogP contribution in [-0.2, 0) is 11.3 Å². The molecule has 0 bridgehead atoms. The van der Waals surface area contributed by atoms with Gasteiger partial charge in [-0.15, -0.1) is 0 Å². The first kappa shape index (κ1) is 18.5. The smallest absolute Gasteiger partial charge is 0.270 e. The summed E-state index contributed by atoms with van der Waals surface area (Å²) in [4.78, 5) is 27.6. The Kier molecular flexibility index (Phi) is 6.59. The van der Waals surface area contributed by atoms with Crippen LogP contribution in [0, 0.1) is 0 Å². The van der Waals surface area contributed by atoms with Gasteiger partial charge in [0, 0.05) is 17.8 Å². The van der Waals surface area contributed by atoms with Crippen molar-refractivity contribution < 1.29 is 19.1 Å². The van der Waals surface area contributed by atoms with Crippen molar-refractivity contribution in [2.45, 2.75) is 6.54 Å². The van der Waals surface area contributed by atoms with E-state index in [1.54, 1.807) is 32.4 Å². The van der Waals surface area contributed by atoms with Gasteiger partial charge >= 0.3 is 0 Å². The van der Waals surface area contributed by atoms with E-state index in [4.69, 9.17) is 21.1 Å². The second-order valence-electron chi connectivity index (χ2n) is 5.01. The zero-order chi connectivity index (χ0) is 18.2. The van der Waals surface area contributed by atoms with Crippen LogP contribution in [-0.4, -0.2) is 37.6 Å². The van der Waals surface area contributed by atoms with E-state index in [9.17, 15) is 9.59 Å². The summed E-state index contributed by atoms with van der Waals surface area (Å²) in [5, 5.41) is 5.60. The van der Waals surface area contributed by atoms with Crippen molar-refractivity contribution in [1.82, 2.24) is 15.6 Å². The lowest BCUT2D eigenvalue weighted by Gasteiger charge is -2.10. The average molecular weight is 364 g/mol. The number of ether oxygens (including phenoxy) is 2. The number of halogens is 1. The second kappa shape index (κ2) is 8.89. The molecule has 1 aromatic carbocycles. The van der Waals surface area contributed by atoms with E-state index in [1.165, 1.54) is 12.3 Å². The summed E-state index contributed by atoms with van der Waals surface area (Å²) < 4.78 is 10.4. The number of hydrogen-bond donors (Lipinski definition) is 2. The van der Waals surface area contributed by atoms with Gasteiger partial charge in [-0.25, -0.2) is 0 Å². The quantitative estimate of drug-likeness (QED) is 0.783. The van der Waals surface area contributed by atoms with E-state index in [-0.39, 0.29) is 18.1 Å². The molecule has 8 heteroatoms. The molecule has 0 unspecified atom stereocenters. The van der Waals surface area contributed by atoms with Gasteiger partial charge in [0.25, 0.3) is 5.91 Å². The van der Waals surface area contributed by atoms with Gasteiger partial charge in [-0.1, -0.05) is 17.7 Å². The number of rotatable bonds is 7. The molecule has 0 fully saturated rings. The molecule has 0 saturated heterocycles. The predicted molar refractivity (Wildman–Crippen MR) is 93.0 cm³/mol. The van der Waals surface area contributed by atoms with E-state index in [0.717, 1.165) is 5.56 Å². The Hall–Kier alpha value is -2.80. The lowest BCUT2D eigenvalue weighted by Crippen LogP contribution is -2.36. The maximum absolute atomic E-state index is 11.9. The van der Waals surface area contributed by atoms with Gasteiger partial charge in [-0.3, -0.25) is 14.6 Å². The molecule has 2 aromatic rings. The highest BCUT2D eigenvalue weighted by atomic mass is 35.5. The number of amides is 2. The van der Waals surface area contributed by atoms with Crippen molar-refractivity contribution in [1.29, 1.82) is 0 Å². The van der Waals surface area contributed by atoms with Crippen LogP contribution in [0.15, 0.2) is 36.5 Å². The highest BCUT2D eigenvalue weighted by molar-refractivity contribution is 6.30. The highest BCUT2D eigenvalue weighted by Crippen LogP contribution is 2.27. The average Bonchev–Trinajstić information content (AvgIpc) is 2.64. The van der Waals surface area contributed by atoms with Crippen LogP contribution in [0.25, 0.3) is 0 Å². The summed E-state index contributed by atoms with van der Waals surface area (Å²) in [5.41, 5.74) is 0.994. The molecule has 25 heavy (non-hydrogen) atoms. The molecule has 0 aliphatic carbocycles. The Morgan fingerprint density at radius 1 is 1.08 bits per heavy atom. The maximum atomic E-state index is 11.9. The van der Waals surface area contributed by atoms with Gasteiger partial charge < -0.3 is 20.1 Å². The third-order valence-electron chi connectivity index (χ3n) is 3.30. The number of nitrogens with one attached hydrogen (secondary N) is 2. The van der Waals surface area contributed by atoms with E-state index >= 15 is 0 Å². The van der Waals surface area contributed by atoms with Crippen LogP contribution >= 0.6 is 11.6 Å². The molecule has 7 nitrogen and oxygen atoms in total. The molecule has 0 atom stereocenters.